The monoisotopic (exact) mass is 268 g/mol. The van der Waals surface area contributed by atoms with E-state index in [9.17, 15) is 0 Å². The Morgan fingerprint density at radius 3 is 2.32 bits per heavy atom. The fraction of sp³-hybridized carbons (Fsp3) is 0.222. The highest BCUT2D eigenvalue weighted by Gasteiger charge is 2.02. The normalized spacial score (nSPS) is 11.1. The van der Waals surface area contributed by atoms with Crippen molar-refractivity contribution in [2.24, 2.45) is 0 Å². The number of allylic oxidation sites excluding steroid dienone is 2. The number of hydrogen-bond acceptors (Lipinski definition) is 1. The van der Waals surface area contributed by atoms with E-state index < -0.39 is 0 Å². The maximum atomic E-state index is 4.33. The highest BCUT2D eigenvalue weighted by atomic mass is 32.1. The second-order valence-corrected chi connectivity index (χ2v) is 5.24. The molecule has 0 aliphatic rings. The molecule has 0 aromatic heterocycles. The molecule has 0 saturated carbocycles. The molecule has 1 heteroatoms. The molecular formula is C18H20S. The van der Waals surface area contributed by atoms with Gasteiger partial charge in [0.15, 0.2) is 0 Å². The van der Waals surface area contributed by atoms with Gasteiger partial charge in [-0.25, -0.2) is 0 Å². The van der Waals surface area contributed by atoms with Gasteiger partial charge < -0.3 is 0 Å². The van der Waals surface area contributed by atoms with Crippen LogP contribution in [0.5, 0.6) is 0 Å². The Morgan fingerprint density at radius 2 is 1.63 bits per heavy atom. The van der Waals surface area contributed by atoms with Crippen LogP contribution in [0, 0.1) is 0 Å². The molecule has 0 atom stereocenters. The number of thiol groups is 1. The molecule has 0 unspecified atom stereocenters. The molecule has 0 saturated heterocycles. The van der Waals surface area contributed by atoms with E-state index in [2.05, 4.69) is 80.2 Å². The zero-order chi connectivity index (χ0) is 13.5. The Balaban J connectivity index is 2.12. The third-order valence-electron chi connectivity index (χ3n) is 3.27. The Hall–Kier alpha value is -1.47. The lowest BCUT2D eigenvalue weighted by atomic mass is 9.97. The summed E-state index contributed by atoms with van der Waals surface area (Å²) < 4.78 is 0. The Kier molecular flexibility index (Phi) is 5.29. The van der Waals surface area contributed by atoms with E-state index >= 15 is 0 Å². The van der Waals surface area contributed by atoms with Gasteiger partial charge in [-0.3, -0.25) is 0 Å². The smallest absolute Gasteiger partial charge is 0.00401 e. The van der Waals surface area contributed by atoms with Crippen LogP contribution in [-0.2, 0) is 12.8 Å². The molecular weight excluding hydrogens is 248 g/mol. The topological polar surface area (TPSA) is 0 Å². The van der Waals surface area contributed by atoms with Crippen molar-refractivity contribution >= 4 is 12.6 Å². The van der Waals surface area contributed by atoms with E-state index in [0.29, 0.717) is 0 Å². The number of benzene rings is 2. The van der Waals surface area contributed by atoms with E-state index in [0.717, 1.165) is 24.2 Å². The second kappa shape index (κ2) is 7.20. The third kappa shape index (κ3) is 4.29. The lowest BCUT2D eigenvalue weighted by Gasteiger charge is -2.09. The molecule has 98 valence electrons. The van der Waals surface area contributed by atoms with Gasteiger partial charge in [0.2, 0.25) is 0 Å². The molecule has 0 aliphatic heterocycles. The molecule has 19 heavy (non-hydrogen) atoms. The predicted molar refractivity (Wildman–Crippen MR) is 86.1 cm³/mol. The largest absolute Gasteiger partial charge is 0.143 e. The molecule has 0 radical (unpaired) electrons. The van der Waals surface area contributed by atoms with Gasteiger partial charge in [-0.2, -0.15) is 0 Å². The number of rotatable bonds is 5. The van der Waals surface area contributed by atoms with E-state index in [4.69, 9.17) is 0 Å². The second-order valence-electron chi connectivity index (χ2n) is 4.72. The fourth-order valence-electron chi connectivity index (χ4n) is 2.21. The van der Waals surface area contributed by atoms with Crippen molar-refractivity contribution in [2.45, 2.75) is 31.1 Å². The van der Waals surface area contributed by atoms with Gasteiger partial charge >= 0.3 is 0 Å². The van der Waals surface area contributed by atoms with Gasteiger partial charge in [-0.15, -0.1) is 12.6 Å². The highest BCUT2D eigenvalue weighted by molar-refractivity contribution is 7.80. The van der Waals surface area contributed by atoms with Crippen molar-refractivity contribution in [3.05, 3.63) is 77.4 Å². The Labute approximate surface area is 121 Å². The first kappa shape index (κ1) is 14.0. The van der Waals surface area contributed by atoms with Gasteiger partial charge in [0.25, 0.3) is 0 Å². The van der Waals surface area contributed by atoms with Crippen LogP contribution in [0.25, 0.3) is 0 Å². The summed E-state index contributed by atoms with van der Waals surface area (Å²) in [6.07, 6.45) is 7.58. The Morgan fingerprint density at radius 1 is 0.947 bits per heavy atom. The van der Waals surface area contributed by atoms with Crippen molar-refractivity contribution in [1.29, 1.82) is 0 Å². The number of hydrogen-bond donors (Lipinski definition) is 1. The quantitative estimate of drug-likeness (QED) is 0.567. The maximum Gasteiger partial charge on any atom is 0.00401 e. The summed E-state index contributed by atoms with van der Waals surface area (Å²) in [5.74, 6) is 0. The lowest BCUT2D eigenvalue weighted by Crippen LogP contribution is -1.95. The summed E-state index contributed by atoms with van der Waals surface area (Å²) >= 11 is 4.33. The van der Waals surface area contributed by atoms with E-state index in [1.165, 1.54) is 16.7 Å². The third-order valence-corrected chi connectivity index (χ3v) is 3.56. The maximum absolute atomic E-state index is 4.33. The first-order valence-electron chi connectivity index (χ1n) is 6.75. The van der Waals surface area contributed by atoms with Crippen LogP contribution in [0.1, 0.15) is 30.0 Å². The SMILES string of the molecule is C/C=C\CCc1ccccc1Cc1ccc(S)cc1. The summed E-state index contributed by atoms with van der Waals surface area (Å²) in [6.45, 7) is 2.07. The first-order chi connectivity index (χ1) is 9.29. The van der Waals surface area contributed by atoms with Gasteiger partial charge in [0.1, 0.15) is 0 Å². The van der Waals surface area contributed by atoms with Crippen LogP contribution in [0.4, 0.5) is 0 Å². The highest BCUT2D eigenvalue weighted by Crippen LogP contribution is 2.17. The zero-order valence-corrected chi connectivity index (χ0v) is 12.2. The molecule has 0 heterocycles. The minimum Gasteiger partial charge on any atom is -0.143 e. The van der Waals surface area contributed by atoms with Crippen molar-refractivity contribution < 1.29 is 0 Å². The predicted octanol–water partition coefficient (Wildman–Crippen LogP) is 5.07. The van der Waals surface area contributed by atoms with Crippen LogP contribution in [0.15, 0.2) is 65.6 Å². The zero-order valence-electron chi connectivity index (χ0n) is 11.3. The minimum atomic E-state index is 1.00. The van der Waals surface area contributed by atoms with Crippen molar-refractivity contribution in [1.82, 2.24) is 0 Å². The summed E-state index contributed by atoms with van der Waals surface area (Å²) in [7, 11) is 0. The molecule has 0 fully saturated rings. The van der Waals surface area contributed by atoms with E-state index in [-0.39, 0.29) is 0 Å². The first-order valence-corrected chi connectivity index (χ1v) is 7.20. The number of aryl methyl sites for hydroxylation is 1. The van der Waals surface area contributed by atoms with Crippen LogP contribution in [-0.4, -0.2) is 0 Å². The standard InChI is InChI=1S/C18H20S/c1-2-3-4-7-16-8-5-6-9-17(16)14-15-10-12-18(19)13-11-15/h2-3,5-6,8-13,19H,4,7,14H2,1H3/b3-2-. The Bertz CT molecular complexity index is 538. The molecule has 0 spiro atoms. The lowest BCUT2D eigenvalue weighted by molar-refractivity contribution is 0.968. The molecule has 0 amide bonds. The van der Waals surface area contributed by atoms with E-state index in [1.807, 2.05) is 0 Å². The van der Waals surface area contributed by atoms with Gasteiger partial charge in [0, 0.05) is 4.90 Å². The van der Waals surface area contributed by atoms with Crippen LogP contribution >= 0.6 is 12.6 Å². The van der Waals surface area contributed by atoms with Crippen molar-refractivity contribution in [2.75, 3.05) is 0 Å². The average molecular weight is 268 g/mol. The summed E-state index contributed by atoms with van der Waals surface area (Å²) in [5, 5.41) is 0. The molecule has 0 aliphatic carbocycles. The van der Waals surface area contributed by atoms with Crippen LogP contribution in [0.3, 0.4) is 0 Å². The molecule has 2 aromatic carbocycles. The van der Waals surface area contributed by atoms with Crippen molar-refractivity contribution in [3.63, 3.8) is 0 Å². The van der Waals surface area contributed by atoms with Gasteiger partial charge in [-0.1, -0.05) is 48.6 Å². The molecule has 0 N–H and O–H groups in total. The van der Waals surface area contributed by atoms with E-state index in [1.54, 1.807) is 0 Å². The molecule has 0 nitrogen and oxygen atoms in total. The van der Waals surface area contributed by atoms with Crippen LogP contribution in [0.2, 0.25) is 0 Å². The van der Waals surface area contributed by atoms with Gasteiger partial charge in [0.05, 0.1) is 0 Å². The summed E-state index contributed by atoms with van der Waals surface area (Å²) in [4.78, 5) is 1.02. The van der Waals surface area contributed by atoms with Gasteiger partial charge in [-0.05, 0) is 55.0 Å². The summed E-state index contributed by atoms with van der Waals surface area (Å²) in [6, 6.07) is 17.2. The van der Waals surface area contributed by atoms with Crippen molar-refractivity contribution in [3.8, 4) is 0 Å². The average Bonchev–Trinajstić information content (AvgIpc) is 2.43. The molecule has 0 bridgehead atoms. The summed E-state index contributed by atoms with van der Waals surface area (Å²) in [5.41, 5.74) is 4.23. The minimum absolute atomic E-state index is 1.00. The van der Waals surface area contributed by atoms with Crippen LogP contribution < -0.4 is 0 Å². The molecule has 2 rings (SSSR count). The molecule has 2 aromatic rings. The fourth-order valence-corrected chi connectivity index (χ4v) is 2.36.